The fourth-order valence-electron chi connectivity index (χ4n) is 1.01. The first-order valence-corrected chi connectivity index (χ1v) is 3.96. The van der Waals surface area contributed by atoms with E-state index >= 15 is 0 Å². The molecule has 0 spiro atoms. The van der Waals surface area contributed by atoms with Crippen molar-refractivity contribution in [2.75, 3.05) is 0 Å². The summed E-state index contributed by atoms with van der Waals surface area (Å²) in [6.07, 6.45) is 4.79. The fourth-order valence-corrected chi connectivity index (χ4v) is 1.01. The van der Waals surface area contributed by atoms with Crippen molar-refractivity contribution in [3.05, 3.63) is 12.7 Å². The van der Waals surface area contributed by atoms with Crippen LogP contribution in [0, 0.1) is 17.2 Å². The summed E-state index contributed by atoms with van der Waals surface area (Å²) in [6, 6.07) is 1.73. The SMILES string of the molecule is C=CCCC(C)C[C@@H](N)C#N. The van der Waals surface area contributed by atoms with E-state index in [1.807, 2.05) is 12.1 Å². The molecule has 2 heteroatoms. The van der Waals surface area contributed by atoms with Crippen molar-refractivity contribution >= 4 is 0 Å². The van der Waals surface area contributed by atoms with Gasteiger partial charge < -0.3 is 5.73 Å². The molecule has 2 nitrogen and oxygen atoms in total. The highest BCUT2D eigenvalue weighted by molar-refractivity contribution is 4.87. The van der Waals surface area contributed by atoms with Crippen molar-refractivity contribution in [1.29, 1.82) is 5.26 Å². The summed E-state index contributed by atoms with van der Waals surface area (Å²) in [5.74, 6) is 0.530. The zero-order valence-corrected chi connectivity index (χ0v) is 7.09. The molecule has 0 saturated carbocycles. The monoisotopic (exact) mass is 152 g/mol. The molecule has 0 aliphatic heterocycles. The second-order valence-corrected chi connectivity index (χ2v) is 2.94. The standard InChI is InChI=1S/C9H16N2/c1-3-4-5-8(2)6-9(11)7-10/h3,8-9H,1,4-6,11H2,2H3/t8?,9-/m1/s1. The van der Waals surface area contributed by atoms with Gasteiger partial charge in [-0.05, 0) is 25.2 Å². The molecular formula is C9H16N2. The van der Waals surface area contributed by atoms with Gasteiger partial charge in [0.05, 0.1) is 12.1 Å². The lowest BCUT2D eigenvalue weighted by atomic mass is 9.98. The van der Waals surface area contributed by atoms with E-state index in [0.29, 0.717) is 5.92 Å². The van der Waals surface area contributed by atoms with Crippen LogP contribution in [-0.2, 0) is 0 Å². The lowest BCUT2D eigenvalue weighted by molar-refractivity contribution is 0.476. The van der Waals surface area contributed by atoms with Crippen LogP contribution in [0.15, 0.2) is 12.7 Å². The Bertz CT molecular complexity index is 146. The van der Waals surface area contributed by atoms with Crippen LogP contribution in [0.2, 0.25) is 0 Å². The predicted octanol–water partition coefficient (Wildman–Crippen LogP) is 1.83. The summed E-state index contributed by atoms with van der Waals surface area (Å²) < 4.78 is 0. The van der Waals surface area contributed by atoms with Gasteiger partial charge in [-0.1, -0.05) is 13.0 Å². The number of nitrogens with zero attached hydrogens (tertiary/aromatic N) is 1. The van der Waals surface area contributed by atoms with E-state index in [0.717, 1.165) is 19.3 Å². The maximum absolute atomic E-state index is 8.41. The highest BCUT2D eigenvalue weighted by Gasteiger charge is 2.06. The predicted molar refractivity (Wildman–Crippen MR) is 46.8 cm³/mol. The summed E-state index contributed by atoms with van der Waals surface area (Å²) in [5, 5.41) is 8.41. The van der Waals surface area contributed by atoms with E-state index in [-0.39, 0.29) is 6.04 Å². The van der Waals surface area contributed by atoms with Gasteiger partial charge in [0.15, 0.2) is 0 Å². The third kappa shape index (κ3) is 5.63. The van der Waals surface area contributed by atoms with Crippen molar-refractivity contribution in [1.82, 2.24) is 0 Å². The van der Waals surface area contributed by atoms with E-state index in [4.69, 9.17) is 11.0 Å². The largest absolute Gasteiger partial charge is 0.316 e. The first-order valence-electron chi connectivity index (χ1n) is 3.96. The van der Waals surface area contributed by atoms with Crippen LogP contribution in [-0.4, -0.2) is 6.04 Å². The lowest BCUT2D eigenvalue weighted by Gasteiger charge is -2.10. The van der Waals surface area contributed by atoms with E-state index in [1.54, 1.807) is 0 Å². The molecule has 62 valence electrons. The number of nitriles is 1. The quantitative estimate of drug-likeness (QED) is 0.611. The molecule has 0 amide bonds. The van der Waals surface area contributed by atoms with Crippen LogP contribution in [0.4, 0.5) is 0 Å². The molecule has 0 aromatic rings. The molecule has 0 bridgehead atoms. The second kappa shape index (κ2) is 5.94. The maximum atomic E-state index is 8.41. The molecule has 0 radical (unpaired) electrons. The Morgan fingerprint density at radius 1 is 1.73 bits per heavy atom. The van der Waals surface area contributed by atoms with E-state index in [9.17, 15) is 0 Å². The normalized spacial score (nSPS) is 15.0. The van der Waals surface area contributed by atoms with Crippen LogP contribution < -0.4 is 5.73 Å². The Morgan fingerprint density at radius 3 is 2.82 bits per heavy atom. The molecular weight excluding hydrogens is 136 g/mol. The summed E-state index contributed by atoms with van der Waals surface area (Å²) in [4.78, 5) is 0. The zero-order chi connectivity index (χ0) is 8.69. The van der Waals surface area contributed by atoms with Crippen LogP contribution in [0.3, 0.4) is 0 Å². The van der Waals surface area contributed by atoms with E-state index in [1.165, 1.54) is 0 Å². The molecule has 0 aromatic heterocycles. The van der Waals surface area contributed by atoms with Crippen molar-refractivity contribution in [2.45, 2.75) is 32.2 Å². The molecule has 11 heavy (non-hydrogen) atoms. The topological polar surface area (TPSA) is 49.8 Å². The summed E-state index contributed by atoms with van der Waals surface area (Å²) in [7, 11) is 0. The van der Waals surface area contributed by atoms with E-state index in [2.05, 4.69) is 13.5 Å². The second-order valence-electron chi connectivity index (χ2n) is 2.94. The van der Waals surface area contributed by atoms with Crippen molar-refractivity contribution in [3.63, 3.8) is 0 Å². The average molecular weight is 152 g/mol. The number of hydrogen-bond acceptors (Lipinski definition) is 2. The molecule has 2 atom stereocenters. The Hall–Kier alpha value is -0.810. The molecule has 0 heterocycles. The summed E-state index contributed by atoms with van der Waals surface area (Å²) >= 11 is 0. The van der Waals surface area contributed by atoms with Gasteiger partial charge in [-0.2, -0.15) is 5.26 Å². The molecule has 2 N–H and O–H groups in total. The van der Waals surface area contributed by atoms with Gasteiger partial charge in [0.25, 0.3) is 0 Å². The lowest BCUT2D eigenvalue weighted by Crippen LogP contribution is -2.20. The molecule has 0 saturated heterocycles. The molecule has 0 rings (SSSR count). The number of nitrogens with two attached hydrogens (primary N) is 1. The van der Waals surface area contributed by atoms with Crippen LogP contribution in [0.5, 0.6) is 0 Å². The highest BCUT2D eigenvalue weighted by atomic mass is 14.6. The first kappa shape index (κ1) is 10.2. The Balaban J connectivity index is 3.44. The van der Waals surface area contributed by atoms with Crippen LogP contribution in [0.25, 0.3) is 0 Å². The third-order valence-corrected chi connectivity index (χ3v) is 1.69. The minimum absolute atomic E-state index is 0.296. The van der Waals surface area contributed by atoms with Gasteiger partial charge in [-0.25, -0.2) is 0 Å². The summed E-state index contributed by atoms with van der Waals surface area (Å²) in [6.45, 7) is 5.75. The first-order chi connectivity index (χ1) is 5.20. The third-order valence-electron chi connectivity index (χ3n) is 1.69. The molecule has 0 fully saturated rings. The average Bonchev–Trinajstić information content (AvgIpc) is 2.00. The van der Waals surface area contributed by atoms with Crippen molar-refractivity contribution in [2.24, 2.45) is 11.7 Å². The molecule has 1 unspecified atom stereocenters. The number of allylic oxidation sites excluding steroid dienone is 1. The van der Waals surface area contributed by atoms with E-state index < -0.39 is 0 Å². The maximum Gasteiger partial charge on any atom is 0.0930 e. The smallest absolute Gasteiger partial charge is 0.0930 e. The van der Waals surface area contributed by atoms with Gasteiger partial charge in [0.1, 0.15) is 0 Å². The minimum Gasteiger partial charge on any atom is -0.316 e. The Morgan fingerprint density at radius 2 is 2.36 bits per heavy atom. The van der Waals surface area contributed by atoms with Gasteiger partial charge in [0, 0.05) is 0 Å². The number of hydrogen-bond donors (Lipinski definition) is 1. The van der Waals surface area contributed by atoms with Crippen LogP contribution >= 0.6 is 0 Å². The Kier molecular flexibility index (Phi) is 5.50. The van der Waals surface area contributed by atoms with Crippen molar-refractivity contribution in [3.8, 4) is 6.07 Å². The number of rotatable bonds is 5. The Labute approximate surface area is 68.7 Å². The molecule has 0 aliphatic rings. The van der Waals surface area contributed by atoms with Crippen LogP contribution in [0.1, 0.15) is 26.2 Å². The minimum atomic E-state index is -0.296. The zero-order valence-electron chi connectivity index (χ0n) is 7.09. The molecule has 0 aromatic carbocycles. The highest BCUT2D eigenvalue weighted by Crippen LogP contribution is 2.11. The summed E-state index contributed by atoms with van der Waals surface area (Å²) in [5.41, 5.74) is 5.46. The van der Waals surface area contributed by atoms with Gasteiger partial charge >= 0.3 is 0 Å². The fraction of sp³-hybridized carbons (Fsp3) is 0.667. The molecule has 0 aliphatic carbocycles. The van der Waals surface area contributed by atoms with Gasteiger partial charge in [-0.15, -0.1) is 6.58 Å². The van der Waals surface area contributed by atoms with Gasteiger partial charge in [0.2, 0.25) is 0 Å². The van der Waals surface area contributed by atoms with Gasteiger partial charge in [-0.3, -0.25) is 0 Å². The van der Waals surface area contributed by atoms with Crippen molar-refractivity contribution < 1.29 is 0 Å².